The van der Waals surface area contributed by atoms with Crippen molar-refractivity contribution in [3.63, 3.8) is 0 Å². The summed E-state index contributed by atoms with van der Waals surface area (Å²) in [6.45, 7) is 0.379. The zero-order chi connectivity index (χ0) is 16.2. The number of hydrogen-bond acceptors (Lipinski definition) is 3. The van der Waals surface area contributed by atoms with Crippen molar-refractivity contribution in [3.05, 3.63) is 82.3 Å². The SMILES string of the molecule is COn1c(C(=O)NCc2ccccc2)cc2ccccc2c1=O. The lowest BCUT2D eigenvalue weighted by molar-refractivity contribution is 0.0882. The van der Waals surface area contributed by atoms with Crippen molar-refractivity contribution in [2.75, 3.05) is 7.11 Å². The van der Waals surface area contributed by atoms with Gasteiger partial charge in [0.15, 0.2) is 0 Å². The summed E-state index contributed by atoms with van der Waals surface area (Å²) >= 11 is 0. The molecule has 0 aliphatic rings. The van der Waals surface area contributed by atoms with Gasteiger partial charge in [0, 0.05) is 6.54 Å². The fraction of sp³-hybridized carbons (Fsp3) is 0.111. The molecule has 0 saturated carbocycles. The number of benzene rings is 2. The molecule has 0 saturated heterocycles. The Hall–Kier alpha value is -3.08. The zero-order valence-electron chi connectivity index (χ0n) is 12.7. The van der Waals surface area contributed by atoms with E-state index in [9.17, 15) is 9.59 Å². The van der Waals surface area contributed by atoms with E-state index in [-0.39, 0.29) is 17.2 Å². The van der Waals surface area contributed by atoms with E-state index in [1.165, 1.54) is 7.11 Å². The van der Waals surface area contributed by atoms with Crippen LogP contribution in [-0.2, 0) is 6.54 Å². The number of carbonyl (C=O) groups is 1. The lowest BCUT2D eigenvalue weighted by Gasteiger charge is -2.12. The van der Waals surface area contributed by atoms with Crippen LogP contribution in [0.15, 0.2) is 65.5 Å². The maximum absolute atomic E-state index is 12.4. The first kappa shape index (κ1) is 14.8. The first-order valence-corrected chi connectivity index (χ1v) is 7.22. The van der Waals surface area contributed by atoms with Crippen molar-refractivity contribution >= 4 is 16.7 Å². The molecule has 3 rings (SSSR count). The van der Waals surface area contributed by atoms with Gasteiger partial charge in [-0.25, -0.2) is 0 Å². The largest absolute Gasteiger partial charge is 0.413 e. The van der Waals surface area contributed by atoms with Gasteiger partial charge in [0.1, 0.15) is 12.8 Å². The molecule has 1 N–H and O–H groups in total. The molecule has 0 atom stereocenters. The van der Waals surface area contributed by atoms with Gasteiger partial charge in [0.25, 0.3) is 11.5 Å². The van der Waals surface area contributed by atoms with Gasteiger partial charge in [-0.05, 0) is 23.1 Å². The number of fused-ring (bicyclic) bond motifs is 1. The first-order chi connectivity index (χ1) is 11.2. The summed E-state index contributed by atoms with van der Waals surface area (Å²) in [5, 5.41) is 4.02. The highest BCUT2D eigenvalue weighted by Gasteiger charge is 2.15. The van der Waals surface area contributed by atoms with Crippen molar-refractivity contribution in [2.24, 2.45) is 0 Å². The monoisotopic (exact) mass is 308 g/mol. The second-order valence-electron chi connectivity index (χ2n) is 5.07. The van der Waals surface area contributed by atoms with Crippen molar-refractivity contribution in [1.29, 1.82) is 0 Å². The molecule has 1 heterocycles. The summed E-state index contributed by atoms with van der Waals surface area (Å²) < 4.78 is 1.02. The third-order valence-corrected chi connectivity index (χ3v) is 3.60. The van der Waals surface area contributed by atoms with Crippen molar-refractivity contribution in [3.8, 4) is 0 Å². The number of aromatic nitrogens is 1. The van der Waals surface area contributed by atoms with E-state index in [2.05, 4.69) is 5.32 Å². The fourth-order valence-corrected chi connectivity index (χ4v) is 2.45. The Morgan fingerprint density at radius 2 is 1.78 bits per heavy atom. The summed E-state index contributed by atoms with van der Waals surface area (Å²) in [6, 6.07) is 18.3. The Morgan fingerprint density at radius 1 is 1.09 bits per heavy atom. The molecule has 0 radical (unpaired) electrons. The highest BCUT2D eigenvalue weighted by Crippen LogP contribution is 2.11. The Morgan fingerprint density at radius 3 is 2.52 bits per heavy atom. The molecule has 0 unspecified atom stereocenters. The van der Waals surface area contributed by atoms with E-state index >= 15 is 0 Å². The van der Waals surface area contributed by atoms with Crippen molar-refractivity contribution in [1.82, 2.24) is 10.0 Å². The molecule has 0 aliphatic heterocycles. The summed E-state index contributed by atoms with van der Waals surface area (Å²) in [5.74, 6) is -0.362. The van der Waals surface area contributed by atoms with Gasteiger partial charge in [0.05, 0.1) is 5.39 Å². The lowest BCUT2D eigenvalue weighted by atomic mass is 10.1. The molecule has 0 spiro atoms. The molecule has 5 heteroatoms. The molecule has 116 valence electrons. The van der Waals surface area contributed by atoms with Crippen LogP contribution in [0, 0.1) is 0 Å². The third-order valence-electron chi connectivity index (χ3n) is 3.60. The summed E-state index contributed by atoms with van der Waals surface area (Å²) in [6.07, 6.45) is 0. The van der Waals surface area contributed by atoms with Gasteiger partial charge >= 0.3 is 0 Å². The molecule has 1 amide bonds. The molecule has 3 aromatic rings. The number of nitrogens with zero attached hydrogens (tertiary/aromatic N) is 1. The number of carbonyl (C=O) groups excluding carboxylic acids is 1. The topological polar surface area (TPSA) is 60.3 Å². The molecule has 2 aromatic carbocycles. The van der Waals surface area contributed by atoms with Crippen LogP contribution in [0.2, 0.25) is 0 Å². The predicted octanol–water partition coefficient (Wildman–Crippen LogP) is 1.99. The van der Waals surface area contributed by atoms with E-state index in [0.717, 1.165) is 10.3 Å². The number of pyridine rings is 1. The van der Waals surface area contributed by atoms with Crippen LogP contribution in [0.4, 0.5) is 0 Å². The molecule has 0 fully saturated rings. The van der Waals surface area contributed by atoms with E-state index < -0.39 is 0 Å². The number of amides is 1. The molecule has 1 aromatic heterocycles. The quantitative estimate of drug-likeness (QED) is 0.802. The molecular weight excluding hydrogens is 292 g/mol. The minimum atomic E-state index is -0.362. The predicted molar refractivity (Wildman–Crippen MR) is 88.3 cm³/mol. The minimum absolute atomic E-state index is 0.173. The van der Waals surface area contributed by atoms with E-state index in [1.807, 2.05) is 36.4 Å². The Labute approximate surface area is 133 Å². The third kappa shape index (κ3) is 2.94. The standard InChI is InChI=1S/C18H16N2O3/c1-23-20-16(11-14-9-5-6-10-15(14)18(20)22)17(21)19-12-13-7-3-2-4-8-13/h2-11H,12H2,1H3,(H,19,21). The van der Waals surface area contributed by atoms with Gasteiger partial charge < -0.3 is 10.2 Å². The van der Waals surface area contributed by atoms with E-state index in [1.54, 1.807) is 24.3 Å². The van der Waals surface area contributed by atoms with Crippen LogP contribution in [0.25, 0.3) is 10.8 Å². The average molecular weight is 308 g/mol. The van der Waals surface area contributed by atoms with Gasteiger partial charge in [-0.2, -0.15) is 0 Å². The second-order valence-corrected chi connectivity index (χ2v) is 5.07. The first-order valence-electron chi connectivity index (χ1n) is 7.22. The Kier molecular flexibility index (Phi) is 4.10. The Balaban J connectivity index is 1.95. The molecule has 0 aliphatic carbocycles. The fourth-order valence-electron chi connectivity index (χ4n) is 2.45. The number of rotatable bonds is 4. The van der Waals surface area contributed by atoms with Crippen LogP contribution in [0.1, 0.15) is 16.1 Å². The van der Waals surface area contributed by atoms with Crippen LogP contribution in [-0.4, -0.2) is 17.7 Å². The van der Waals surface area contributed by atoms with Crippen molar-refractivity contribution < 1.29 is 9.63 Å². The van der Waals surface area contributed by atoms with E-state index in [0.29, 0.717) is 17.3 Å². The molecular formula is C18H16N2O3. The van der Waals surface area contributed by atoms with E-state index in [4.69, 9.17) is 4.84 Å². The second kappa shape index (κ2) is 6.36. The maximum atomic E-state index is 12.4. The maximum Gasteiger partial charge on any atom is 0.291 e. The van der Waals surface area contributed by atoms with Crippen LogP contribution in [0.3, 0.4) is 0 Å². The van der Waals surface area contributed by atoms with Gasteiger partial charge in [0.2, 0.25) is 0 Å². The Bertz CT molecular complexity index is 901. The average Bonchev–Trinajstić information content (AvgIpc) is 2.60. The van der Waals surface area contributed by atoms with Crippen LogP contribution < -0.4 is 15.7 Å². The molecule has 5 nitrogen and oxygen atoms in total. The highest BCUT2D eigenvalue weighted by molar-refractivity contribution is 5.96. The van der Waals surface area contributed by atoms with Gasteiger partial charge in [-0.1, -0.05) is 48.5 Å². The van der Waals surface area contributed by atoms with Gasteiger partial charge in [-0.15, -0.1) is 4.73 Å². The smallest absolute Gasteiger partial charge is 0.291 e. The van der Waals surface area contributed by atoms with Crippen LogP contribution in [0.5, 0.6) is 0 Å². The minimum Gasteiger partial charge on any atom is -0.413 e. The zero-order valence-corrected chi connectivity index (χ0v) is 12.7. The summed E-state index contributed by atoms with van der Waals surface area (Å²) in [4.78, 5) is 30.0. The van der Waals surface area contributed by atoms with Crippen LogP contribution >= 0.6 is 0 Å². The van der Waals surface area contributed by atoms with Crippen molar-refractivity contribution in [2.45, 2.75) is 6.54 Å². The highest BCUT2D eigenvalue weighted by atomic mass is 16.6. The summed E-state index contributed by atoms with van der Waals surface area (Å²) in [5.41, 5.74) is 0.801. The molecule has 0 bridgehead atoms. The lowest BCUT2D eigenvalue weighted by Crippen LogP contribution is -2.34. The van der Waals surface area contributed by atoms with Gasteiger partial charge in [-0.3, -0.25) is 9.59 Å². The normalized spacial score (nSPS) is 10.5. The molecule has 23 heavy (non-hydrogen) atoms. The number of hydrogen-bond donors (Lipinski definition) is 1. The number of nitrogens with one attached hydrogen (secondary N) is 1. The summed E-state index contributed by atoms with van der Waals surface area (Å²) in [7, 11) is 1.37.